The van der Waals surface area contributed by atoms with E-state index >= 15 is 0 Å². The number of hydrogen-bond acceptors (Lipinski definition) is 0. The lowest BCUT2D eigenvalue weighted by molar-refractivity contribution is -0.0413. The average molecular weight is 264 g/mol. The Hall–Kier alpha value is -0.970. The summed E-state index contributed by atoms with van der Waals surface area (Å²) in [6.45, 7) is 1.75. The maximum atomic E-state index is 14.6. The van der Waals surface area contributed by atoms with E-state index in [1.165, 1.54) is 24.3 Å². The second-order valence-corrected chi connectivity index (χ2v) is 6.38. The summed E-state index contributed by atoms with van der Waals surface area (Å²) in [6, 6.07) is 5.86. The Morgan fingerprint density at radius 1 is 1.18 bits per heavy atom. The van der Waals surface area contributed by atoms with Crippen LogP contribution in [0.1, 0.15) is 25.3 Å². The van der Waals surface area contributed by atoms with Crippen LogP contribution < -0.4 is 0 Å². The highest BCUT2D eigenvalue weighted by Gasteiger charge is 2.57. The molecule has 0 saturated heterocycles. The first-order valence-corrected chi connectivity index (χ1v) is 6.83. The molecule has 0 aromatic heterocycles. The van der Waals surface area contributed by atoms with Crippen LogP contribution in [0.3, 0.4) is 0 Å². The first-order valence-electron chi connectivity index (χ1n) is 5.30. The molecule has 17 heavy (non-hydrogen) atoms. The Labute approximate surface area is 98.9 Å². The normalized spacial score (nSPS) is 27.2. The van der Waals surface area contributed by atoms with Crippen LogP contribution in [-0.2, 0) is 0 Å². The molecule has 1 heterocycles. The fourth-order valence-electron chi connectivity index (χ4n) is 1.98. The van der Waals surface area contributed by atoms with Crippen molar-refractivity contribution in [2.75, 3.05) is 0 Å². The Balaban J connectivity index is 2.59. The van der Waals surface area contributed by atoms with E-state index < -0.39 is 15.9 Å². The number of alkyl halides is 3. The maximum absolute atomic E-state index is 14.6. The van der Waals surface area contributed by atoms with Crippen molar-refractivity contribution in [2.45, 2.75) is 30.2 Å². The zero-order valence-corrected chi connectivity index (χ0v) is 10.0. The number of benzene rings is 1. The fraction of sp³-hybridized carbons (Fsp3) is 0.333. The first-order chi connectivity index (χ1) is 7.91. The zero-order chi connectivity index (χ0) is 12.7. The van der Waals surface area contributed by atoms with Gasteiger partial charge in [0.15, 0.2) is 0 Å². The van der Waals surface area contributed by atoms with Crippen LogP contribution in [0.25, 0.3) is 6.08 Å². The van der Waals surface area contributed by atoms with E-state index in [0.717, 1.165) is 0 Å². The largest absolute Gasteiger partial charge is 0.459 e. The Bertz CT molecular complexity index is 464. The van der Waals surface area contributed by atoms with Crippen LogP contribution in [0.2, 0.25) is 0 Å². The molecule has 0 spiro atoms. The Morgan fingerprint density at radius 2 is 1.82 bits per heavy atom. The van der Waals surface area contributed by atoms with E-state index in [1.54, 1.807) is 13.0 Å². The standard InChI is InChI=1S/C12H12F4S/c1-2-5-10-8-9-6-3-4-7-11(9)17(10,16)12(13,14)15/h3-4,6-8H,2,5H2,1H3. The molecule has 0 amide bonds. The summed E-state index contributed by atoms with van der Waals surface area (Å²) in [6.07, 6.45) is 2.02. The van der Waals surface area contributed by atoms with E-state index in [-0.39, 0.29) is 16.2 Å². The van der Waals surface area contributed by atoms with Crippen molar-refractivity contribution in [3.8, 4) is 0 Å². The molecule has 0 N–H and O–H groups in total. The van der Waals surface area contributed by atoms with Crippen molar-refractivity contribution in [3.63, 3.8) is 0 Å². The van der Waals surface area contributed by atoms with Crippen LogP contribution in [0, 0.1) is 0 Å². The van der Waals surface area contributed by atoms with Gasteiger partial charge in [-0.2, -0.15) is 17.1 Å². The second-order valence-electron chi connectivity index (χ2n) is 3.88. The minimum atomic E-state index is -4.82. The van der Waals surface area contributed by atoms with Gasteiger partial charge in [0.05, 0.1) is 10.4 Å². The molecule has 1 aromatic rings. The Morgan fingerprint density at radius 3 is 2.41 bits per heavy atom. The molecule has 94 valence electrons. The van der Waals surface area contributed by atoms with Gasteiger partial charge < -0.3 is 0 Å². The SMILES string of the molecule is CCCC1=Cc2ccccc2S1(F)C(F)(F)F. The molecule has 0 saturated carbocycles. The molecule has 5 heteroatoms. The molecule has 2 rings (SSSR count). The number of halogens is 4. The van der Waals surface area contributed by atoms with Crippen LogP contribution in [0.5, 0.6) is 0 Å². The van der Waals surface area contributed by atoms with Gasteiger partial charge in [0.1, 0.15) is 0 Å². The predicted molar refractivity (Wildman–Crippen MR) is 62.3 cm³/mol. The molecule has 1 atom stereocenters. The van der Waals surface area contributed by atoms with Gasteiger partial charge in [-0.25, -0.2) is 0 Å². The number of hydrogen-bond donors (Lipinski definition) is 0. The van der Waals surface area contributed by atoms with Gasteiger partial charge in [-0.3, -0.25) is 0 Å². The minimum Gasteiger partial charge on any atom is -0.172 e. The van der Waals surface area contributed by atoms with Crippen molar-refractivity contribution in [2.24, 2.45) is 0 Å². The lowest BCUT2D eigenvalue weighted by Crippen LogP contribution is -2.17. The van der Waals surface area contributed by atoms with Gasteiger partial charge in [-0.15, -0.1) is 0 Å². The zero-order valence-electron chi connectivity index (χ0n) is 9.22. The molecule has 1 aliphatic heterocycles. The summed E-state index contributed by atoms with van der Waals surface area (Å²) in [5.74, 6) is 0. The minimum absolute atomic E-state index is 0.103. The lowest BCUT2D eigenvalue weighted by Gasteiger charge is -2.32. The van der Waals surface area contributed by atoms with Gasteiger partial charge in [0.25, 0.3) is 0 Å². The van der Waals surface area contributed by atoms with Gasteiger partial charge in [0, 0.05) is 9.80 Å². The summed E-state index contributed by atoms with van der Waals surface area (Å²) < 4.78 is 53.6. The highest BCUT2D eigenvalue weighted by molar-refractivity contribution is 8.33. The molecule has 1 aliphatic rings. The highest BCUT2D eigenvalue weighted by Crippen LogP contribution is 2.78. The third kappa shape index (κ3) is 1.76. The van der Waals surface area contributed by atoms with Crippen molar-refractivity contribution in [1.82, 2.24) is 0 Å². The summed E-state index contributed by atoms with van der Waals surface area (Å²) in [5.41, 5.74) is -4.45. The second kappa shape index (κ2) is 4.05. The average Bonchev–Trinajstić information content (AvgIpc) is 2.54. The summed E-state index contributed by atoms with van der Waals surface area (Å²) >= 11 is 0. The van der Waals surface area contributed by atoms with Gasteiger partial charge in [-0.1, -0.05) is 31.5 Å². The molecule has 1 unspecified atom stereocenters. The van der Waals surface area contributed by atoms with Crippen molar-refractivity contribution in [3.05, 3.63) is 34.7 Å². The predicted octanol–water partition coefficient (Wildman–Crippen LogP) is 5.41. The highest BCUT2D eigenvalue weighted by atomic mass is 32.3. The monoisotopic (exact) mass is 264 g/mol. The molecule has 0 nitrogen and oxygen atoms in total. The van der Waals surface area contributed by atoms with Crippen molar-refractivity contribution in [1.29, 1.82) is 0 Å². The fourth-order valence-corrected chi connectivity index (χ4v) is 4.31. The molecule has 0 aliphatic carbocycles. The van der Waals surface area contributed by atoms with Crippen molar-refractivity contribution < 1.29 is 17.1 Å². The van der Waals surface area contributed by atoms with Gasteiger partial charge >= 0.3 is 5.51 Å². The van der Waals surface area contributed by atoms with E-state index in [9.17, 15) is 17.1 Å². The van der Waals surface area contributed by atoms with Gasteiger partial charge in [-0.05, 0) is 24.1 Å². The molecule has 0 bridgehead atoms. The van der Waals surface area contributed by atoms with E-state index in [2.05, 4.69) is 0 Å². The van der Waals surface area contributed by atoms with E-state index in [4.69, 9.17) is 0 Å². The van der Waals surface area contributed by atoms with E-state index in [1.807, 2.05) is 0 Å². The Kier molecular flexibility index (Phi) is 2.97. The van der Waals surface area contributed by atoms with Crippen molar-refractivity contribution >= 4 is 16.5 Å². The quantitative estimate of drug-likeness (QED) is 0.626. The molecule has 1 aromatic carbocycles. The maximum Gasteiger partial charge on any atom is 0.459 e. The lowest BCUT2D eigenvalue weighted by atomic mass is 10.2. The third-order valence-electron chi connectivity index (χ3n) is 2.72. The van der Waals surface area contributed by atoms with Crippen LogP contribution in [0.4, 0.5) is 17.1 Å². The van der Waals surface area contributed by atoms with Crippen LogP contribution in [0.15, 0.2) is 34.1 Å². The van der Waals surface area contributed by atoms with E-state index in [0.29, 0.717) is 12.0 Å². The molecule has 0 fully saturated rings. The molecular formula is C12H12F4S. The van der Waals surface area contributed by atoms with Crippen LogP contribution >= 0.6 is 10.4 Å². The van der Waals surface area contributed by atoms with Crippen LogP contribution in [-0.4, -0.2) is 5.51 Å². The molecular weight excluding hydrogens is 252 g/mol. The number of fused-ring (bicyclic) bond motifs is 1. The summed E-state index contributed by atoms with van der Waals surface area (Å²) in [4.78, 5) is -0.301. The third-order valence-corrected chi connectivity index (χ3v) is 5.38. The number of allylic oxidation sites excluding steroid dienone is 1. The smallest absolute Gasteiger partial charge is 0.172 e. The topological polar surface area (TPSA) is 0 Å². The number of rotatable bonds is 2. The molecule has 0 radical (unpaired) electrons. The van der Waals surface area contributed by atoms with Gasteiger partial charge in [0.2, 0.25) is 0 Å². The first kappa shape index (κ1) is 12.5. The summed E-state index contributed by atoms with van der Waals surface area (Å²) in [7, 11) is -4.32. The summed E-state index contributed by atoms with van der Waals surface area (Å²) in [5, 5.41) is 0.